The average Bonchev–Trinajstić information content (AvgIpc) is 2.74. The number of carbonyl (C=O) groups is 1. The van der Waals surface area contributed by atoms with Crippen molar-refractivity contribution in [1.82, 2.24) is 0 Å². The monoisotopic (exact) mass is 425 g/mol. The maximum absolute atomic E-state index is 10.4. The average molecular weight is 426 g/mol. The molecular formula is C27H53O3-. The normalized spacial score (nSPS) is 12.3. The molecule has 0 amide bonds. The van der Waals surface area contributed by atoms with Crippen LogP contribution in [0.5, 0.6) is 0 Å². The maximum atomic E-state index is 10.4. The Hall–Kier alpha value is -0.570. The topological polar surface area (TPSA) is 60.4 Å². The standard InChI is InChI=1S/C27H54O3/c1-2-3-4-5-6-7-8-9-10-11-12-13-14-15-16-17-18-19-20-21-22-23-24-25-26(28)27(29)30/h26,28H,2-25H2,1H3,(H,29,30)/p-1. The Kier molecular flexibility index (Phi) is 24.2. The highest BCUT2D eigenvalue weighted by Gasteiger charge is 2.03. The number of aliphatic hydroxyl groups excluding tert-OH is 1. The number of aliphatic hydroxyl groups is 1. The van der Waals surface area contributed by atoms with Crippen LogP contribution in [0.4, 0.5) is 0 Å². The second kappa shape index (κ2) is 24.7. The second-order valence-corrected chi connectivity index (χ2v) is 9.40. The minimum absolute atomic E-state index is 0.335. The molecule has 0 heterocycles. The van der Waals surface area contributed by atoms with Crippen molar-refractivity contribution in [2.75, 3.05) is 0 Å². The molecule has 0 aromatic carbocycles. The number of hydrogen-bond acceptors (Lipinski definition) is 3. The maximum Gasteiger partial charge on any atom is 0.0933 e. The molecule has 0 aromatic rings. The van der Waals surface area contributed by atoms with Crippen LogP contribution in [0.15, 0.2) is 0 Å². The lowest BCUT2D eigenvalue weighted by molar-refractivity contribution is -0.315. The van der Waals surface area contributed by atoms with Gasteiger partial charge in [-0.2, -0.15) is 0 Å². The van der Waals surface area contributed by atoms with Crippen LogP contribution >= 0.6 is 0 Å². The van der Waals surface area contributed by atoms with Crippen molar-refractivity contribution >= 4 is 5.97 Å². The molecule has 0 radical (unpaired) electrons. The Bertz CT molecular complexity index is 343. The molecule has 0 saturated heterocycles. The molecule has 0 spiro atoms. The smallest absolute Gasteiger partial charge is 0.0933 e. The number of carboxylic acids is 1. The summed E-state index contributed by atoms with van der Waals surface area (Å²) in [4.78, 5) is 10.4. The fraction of sp³-hybridized carbons (Fsp3) is 0.963. The molecule has 30 heavy (non-hydrogen) atoms. The van der Waals surface area contributed by atoms with E-state index in [9.17, 15) is 9.90 Å². The van der Waals surface area contributed by atoms with Gasteiger partial charge in [0.05, 0.1) is 12.1 Å². The van der Waals surface area contributed by atoms with Gasteiger partial charge in [0, 0.05) is 0 Å². The van der Waals surface area contributed by atoms with Crippen LogP contribution in [0.3, 0.4) is 0 Å². The summed E-state index contributed by atoms with van der Waals surface area (Å²) >= 11 is 0. The van der Waals surface area contributed by atoms with Gasteiger partial charge in [0.1, 0.15) is 0 Å². The summed E-state index contributed by atoms with van der Waals surface area (Å²) in [5, 5.41) is 19.5. The van der Waals surface area contributed by atoms with Crippen molar-refractivity contribution in [2.24, 2.45) is 0 Å². The fourth-order valence-corrected chi connectivity index (χ4v) is 4.24. The molecule has 1 unspecified atom stereocenters. The first-order valence-corrected chi connectivity index (χ1v) is 13.6. The third kappa shape index (κ3) is 23.7. The third-order valence-corrected chi connectivity index (χ3v) is 6.35. The van der Waals surface area contributed by atoms with Gasteiger partial charge in [0.25, 0.3) is 0 Å². The Morgan fingerprint density at radius 3 is 1.00 bits per heavy atom. The third-order valence-electron chi connectivity index (χ3n) is 6.35. The van der Waals surface area contributed by atoms with Gasteiger partial charge >= 0.3 is 0 Å². The van der Waals surface area contributed by atoms with Crippen molar-refractivity contribution < 1.29 is 15.0 Å². The molecule has 1 atom stereocenters. The summed E-state index contributed by atoms with van der Waals surface area (Å²) < 4.78 is 0. The SMILES string of the molecule is CCCCCCCCCCCCCCCCCCCCCCCCCC(O)C(=O)[O-]. The fourth-order valence-electron chi connectivity index (χ4n) is 4.24. The molecular weight excluding hydrogens is 372 g/mol. The minimum atomic E-state index is -1.34. The molecule has 0 aliphatic carbocycles. The predicted octanol–water partition coefficient (Wildman–Crippen LogP) is 7.48. The van der Waals surface area contributed by atoms with E-state index in [-0.39, 0.29) is 0 Å². The number of aliphatic carboxylic acids is 1. The lowest BCUT2D eigenvalue weighted by atomic mass is 10.0. The van der Waals surface area contributed by atoms with Crippen LogP contribution in [-0.2, 0) is 4.79 Å². The number of hydrogen-bond donors (Lipinski definition) is 1. The van der Waals surface area contributed by atoms with Crippen molar-refractivity contribution in [3.05, 3.63) is 0 Å². The number of carbonyl (C=O) groups excluding carboxylic acids is 1. The molecule has 0 aliphatic rings. The Balaban J connectivity index is 3.04. The minimum Gasteiger partial charge on any atom is -0.547 e. The molecule has 0 fully saturated rings. The molecule has 0 aromatic heterocycles. The molecule has 1 N–H and O–H groups in total. The van der Waals surface area contributed by atoms with E-state index in [0.717, 1.165) is 19.3 Å². The van der Waals surface area contributed by atoms with E-state index >= 15 is 0 Å². The van der Waals surface area contributed by atoms with Gasteiger partial charge in [-0.25, -0.2) is 0 Å². The van der Waals surface area contributed by atoms with Crippen LogP contribution < -0.4 is 5.11 Å². The molecule has 0 saturated carbocycles. The van der Waals surface area contributed by atoms with Crippen LogP contribution in [0.25, 0.3) is 0 Å². The molecule has 0 bridgehead atoms. The number of unbranched alkanes of at least 4 members (excludes halogenated alkanes) is 22. The highest BCUT2D eigenvalue weighted by Crippen LogP contribution is 2.15. The van der Waals surface area contributed by atoms with Crippen LogP contribution in [0.1, 0.15) is 161 Å². The quantitative estimate of drug-likeness (QED) is 0.154. The van der Waals surface area contributed by atoms with Crippen molar-refractivity contribution in [3.8, 4) is 0 Å². The molecule has 3 heteroatoms. The summed E-state index contributed by atoms with van der Waals surface area (Å²) in [6, 6.07) is 0. The Morgan fingerprint density at radius 2 is 0.767 bits per heavy atom. The van der Waals surface area contributed by atoms with Crippen LogP contribution in [0.2, 0.25) is 0 Å². The van der Waals surface area contributed by atoms with Crippen LogP contribution in [0, 0.1) is 0 Å². The number of rotatable bonds is 25. The Morgan fingerprint density at radius 1 is 0.533 bits per heavy atom. The van der Waals surface area contributed by atoms with Gasteiger partial charge in [0.15, 0.2) is 0 Å². The van der Waals surface area contributed by atoms with E-state index in [1.165, 1.54) is 128 Å². The molecule has 0 rings (SSSR count). The lowest BCUT2D eigenvalue weighted by Crippen LogP contribution is -2.35. The van der Waals surface area contributed by atoms with Gasteiger partial charge in [0.2, 0.25) is 0 Å². The zero-order valence-electron chi connectivity index (χ0n) is 20.3. The van der Waals surface area contributed by atoms with E-state index in [0.29, 0.717) is 6.42 Å². The summed E-state index contributed by atoms with van der Waals surface area (Å²) in [7, 11) is 0. The molecule has 3 nitrogen and oxygen atoms in total. The summed E-state index contributed by atoms with van der Waals surface area (Å²) in [6.07, 6.45) is 30.1. The molecule has 180 valence electrons. The highest BCUT2D eigenvalue weighted by molar-refractivity contribution is 5.69. The Labute approximate surface area is 188 Å². The van der Waals surface area contributed by atoms with E-state index < -0.39 is 12.1 Å². The van der Waals surface area contributed by atoms with Crippen molar-refractivity contribution in [3.63, 3.8) is 0 Å². The second-order valence-electron chi connectivity index (χ2n) is 9.40. The van der Waals surface area contributed by atoms with E-state index in [1.807, 2.05) is 0 Å². The largest absolute Gasteiger partial charge is 0.547 e. The van der Waals surface area contributed by atoms with Gasteiger partial charge < -0.3 is 15.0 Å². The summed E-state index contributed by atoms with van der Waals surface area (Å²) in [5.41, 5.74) is 0. The van der Waals surface area contributed by atoms with Gasteiger partial charge in [-0.1, -0.05) is 155 Å². The number of carboxylic acid groups (broad SMARTS) is 1. The predicted molar refractivity (Wildman–Crippen MR) is 127 cm³/mol. The molecule has 0 aliphatic heterocycles. The lowest BCUT2D eigenvalue weighted by Gasteiger charge is -2.10. The van der Waals surface area contributed by atoms with Crippen LogP contribution in [-0.4, -0.2) is 17.2 Å². The van der Waals surface area contributed by atoms with Crippen molar-refractivity contribution in [1.29, 1.82) is 0 Å². The van der Waals surface area contributed by atoms with E-state index in [1.54, 1.807) is 0 Å². The summed E-state index contributed by atoms with van der Waals surface area (Å²) in [6.45, 7) is 2.29. The zero-order chi connectivity index (χ0) is 22.1. The first-order valence-electron chi connectivity index (χ1n) is 13.6. The van der Waals surface area contributed by atoms with Crippen molar-refractivity contribution in [2.45, 2.75) is 167 Å². The van der Waals surface area contributed by atoms with E-state index in [2.05, 4.69) is 6.92 Å². The van der Waals surface area contributed by atoms with E-state index in [4.69, 9.17) is 5.11 Å². The first kappa shape index (κ1) is 29.4. The van der Waals surface area contributed by atoms with Gasteiger partial charge in [-0.05, 0) is 6.42 Å². The van der Waals surface area contributed by atoms with Gasteiger partial charge in [-0.3, -0.25) is 0 Å². The summed E-state index contributed by atoms with van der Waals surface area (Å²) in [5.74, 6) is -1.34. The zero-order valence-corrected chi connectivity index (χ0v) is 20.3. The highest BCUT2D eigenvalue weighted by atomic mass is 16.4. The van der Waals surface area contributed by atoms with Gasteiger partial charge in [-0.15, -0.1) is 0 Å². The first-order chi connectivity index (χ1) is 14.7.